The molecule has 2 heterocycles. The first-order valence-electron chi connectivity index (χ1n) is 6.49. The summed E-state index contributed by atoms with van der Waals surface area (Å²) >= 11 is 0. The van der Waals surface area contributed by atoms with Gasteiger partial charge in [0.2, 0.25) is 5.72 Å². The Morgan fingerprint density at radius 2 is 2.41 bits per heavy atom. The molecule has 9 nitrogen and oxygen atoms in total. The minimum Gasteiger partial charge on any atom is -0.454 e. The molecule has 1 aliphatic rings. The number of nitrogen functional groups attached to an aromatic ring is 1. The molecule has 2 rings (SSSR count). The molecular weight excluding hydrogens is 294 g/mol. The molecule has 120 valence electrons. The van der Waals surface area contributed by atoms with Crippen LogP contribution in [-0.2, 0) is 20.0 Å². The summed E-state index contributed by atoms with van der Waals surface area (Å²) in [4.78, 5) is 27.0. The van der Waals surface area contributed by atoms with Gasteiger partial charge >= 0.3 is 11.7 Å². The number of ether oxygens (including phenoxy) is 2. The molecule has 0 amide bonds. The highest BCUT2D eigenvalue weighted by Crippen LogP contribution is 2.37. The van der Waals surface area contributed by atoms with Crippen LogP contribution in [-0.4, -0.2) is 50.7 Å². The summed E-state index contributed by atoms with van der Waals surface area (Å²) in [6, 6.07) is 1.35. The Kier molecular flexibility index (Phi) is 4.31. The third-order valence-corrected chi connectivity index (χ3v) is 3.41. The lowest BCUT2D eigenvalue weighted by atomic mass is 10.0. The van der Waals surface area contributed by atoms with Gasteiger partial charge in [-0.05, 0) is 12.1 Å². The standard InChI is InChI=1S/C13H17N3O6/c1-3-13(16-5-4-9(14)15-12(16)20)11(21-7(2)18)10(19)8(6-17)22-13/h3-5,8,10-11,17,19H,1,6H2,2H3,(H2,14,15,20)/t8-,10-,11-,13-/m1/s1. The van der Waals surface area contributed by atoms with Gasteiger partial charge in [0, 0.05) is 13.1 Å². The van der Waals surface area contributed by atoms with Gasteiger partial charge in [0.15, 0.2) is 6.10 Å². The average Bonchev–Trinajstić information content (AvgIpc) is 2.72. The van der Waals surface area contributed by atoms with Crippen LogP contribution in [0.5, 0.6) is 0 Å². The Hall–Kier alpha value is -2.23. The van der Waals surface area contributed by atoms with Gasteiger partial charge in [-0.25, -0.2) is 4.79 Å². The second-order valence-electron chi connectivity index (χ2n) is 4.82. The van der Waals surface area contributed by atoms with Gasteiger partial charge in [-0.3, -0.25) is 9.36 Å². The highest BCUT2D eigenvalue weighted by atomic mass is 16.6. The normalized spacial score (nSPS) is 31.0. The number of rotatable bonds is 4. The Balaban J connectivity index is 2.59. The van der Waals surface area contributed by atoms with Crippen LogP contribution in [0.25, 0.3) is 0 Å². The van der Waals surface area contributed by atoms with Crippen molar-refractivity contribution in [3.8, 4) is 0 Å². The predicted octanol–water partition coefficient (Wildman–Crippen LogP) is -1.65. The average molecular weight is 311 g/mol. The topological polar surface area (TPSA) is 137 Å². The Morgan fingerprint density at radius 1 is 1.73 bits per heavy atom. The molecular formula is C13H17N3O6. The molecule has 0 bridgehead atoms. The van der Waals surface area contributed by atoms with E-state index < -0.39 is 42.3 Å². The summed E-state index contributed by atoms with van der Waals surface area (Å²) in [5, 5.41) is 19.5. The second-order valence-corrected chi connectivity index (χ2v) is 4.82. The van der Waals surface area contributed by atoms with E-state index in [2.05, 4.69) is 11.6 Å². The molecule has 1 saturated heterocycles. The van der Waals surface area contributed by atoms with E-state index in [-0.39, 0.29) is 5.82 Å². The third kappa shape index (κ3) is 2.49. The monoisotopic (exact) mass is 311 g/mol. The number of hydrogen-bond acceptors (Lipinski definition) is 8. The van der Waals surface area contributed by atoms with Gasteiger partial charge in [-0.1, -0.05) is 6.58 Å². The zero-order chi connectivity index (χ0) is 16.5. The van der Waals surface area contributed by atoms with Crippen molar-refractivity contribution < 1.29 is 24.5 Å². The van der Waals surface area contributed by atoms with Crippen LogP contribution in [0.1, 0.15) is 6.92 Å². The largest absolute Gasteiger partial charge is 0.454 e. The molecule has 0 radical (unpaired) electrons. The first-order valence-corrected chi connectivity index (χ1v) is 6.49. The fourth-order valence-corrected chi connectivity index (χ4v) is 2.44. The van der Waals surface area contributed by atoms with Crippen molar-refractivity contribution in [2.45, 2.75) is 31.0 Å². The number of aliphatic hydroxyl groups is 2. The fraction of sp³-hybridized carbons (Fsp3) is 0.462. The molecule has 1 fully saturated rings. The maximum atomic E-state index is 12.1. The Morgan fingerprint density at radius 3 is 2.91 bits per heavy atom. The van der Waals surface area contributed by atoms with Gasteiger partial charge in [0.05, 0.1) is 6.61 Å². The molecule has 4 atom stereocenters. The Labute approximate surface area is 125 Å². The summed E-state index contributed by atoms with van der Waals surface area (Å²) in [6.45, 7) is 4.20. The number of carbonyl (C=O) groups is 1. The van der Waals surface area contributed by atoms with E-state index in [1.54, 1.807) is 0 Å². The Bertz CT molecular complexity index is 645. The predicted molar refractivity (Wildman–Crippen MR) is 74.6 cm³/mol. The van der Waals surface area contributed by atoms with Crippen LogP contribution in [0.15, 0.2) is 29.7 Å². The number of carbonyl (C=O) groups excluding carboxylic acids is 1. The second kappa shape index (κ2) is 5.87. The van der Waals surface area contributed by atoms with Crippen molar-refractivity contribution >= 4 is 11.8 Å². The number of anilines is 1. The van der Waals surface area contributed by atoms with Crippen molar-refractivity contribution in [3.63, 3.8) is 0 Å². The number of aliphatic hydroxyl groups excluding tert-OH is 2. The van der Waals surface area contributed by atoms with E-state index in [9.17, 15) is 19.8 Å². The minimum absolute atomic E-state index is 0.00162. The third-order valence-electron chi connectivity index (χ3n) is 3.41. The lowest BCUT2D eigenvalue weighted by molar-refractivity contribution is -0.166. The van der Waals surface area contributed by atoms with Gasteiger partial charge in [0.25, 0.3) is 0 Å². The van der Waals surface area contributed by atoms with E-state index in [0.717, 1.165) is 11.5 Å². The summed E-state index contributed by atoms with van der Waals surface area (Å²) in [5.41, 5.74) is 2.97. The highest BCUT2D eigenvalue weighted by Gasteiger charge is 2.57. The van der Waals surface area contributed by atoms with Crippen molar-refractivity contribution in [1.82, 2.24) is 9.55 Å². The molecule has 0 spiro atoms. The molecule has 0 aromatic carbocycles. The van der Waals surface area contributed by atoms with E-state index >= 15 is 0 Å². The number of nitrogens with zero attached hydrogens (tertiary/aromatic N) is 2. The van der Waals surface area contributed by atoms with E-state index in [1.807, 2.05) is 0 Å². The summed E-state index contributed by atoms with van der Waals surface area (Å²) < 4.78 is 11.7. The van der Waals surface area contributed by atoms with Crippen molar-refractivity contribution in [3.05, 3.63) is 35.4 Å². The number of esters is 1. The van der Waals surface area contributed by atoms with Gasteiger partial charge in [-0.2, -0.15) is 4.98 Å². The molecule has 0 aliphatic carbocycles. The minimum atomic E-state index is -1.70. The van der Waals surface area contributed by atoms with E-state index in [1.165, 1.54) is 18.3 Å². The summed E-state index contributed by atoms with van der Waals surface area (Å²) in [6.07, 6.45) is -1.19. The number of hydrogen-bond donors (Lipinski definition) is 3. The zero-order valence-electron chi connectivity index (χ0n) is 11.9. The highest BCUT2D eigenvalue weighted by molar-refractivity contribution is 5.66. The molecule has 22 heavy (non-hydrogen) atoms. The van der Waals surface area contributed by atoms with Gasteiger partial charge in [0.1, 0.15) is 18.0 Å². The van der Waals surface area contributed by atoms with Crippen molar-refractivity contribution in [2.75, 3.05) is 12.3 Å². The van der Waals surface area contributed by atoms with Crippen LogP contribution in [0.2, 0.25) is 0 Å². The maximum Gasteiger partial charge on any atom is 0.352 e. The molecule has 9 heteroatoms. The number of aromatic nitrogens is 2. The van der Waals surface area contributed by atoms with Crippen molar-refractivity contribution in [1.29, 1.82) is 0 Å². The molecule has 1 aromatic rings. The first kappa shape index (κ1) is 16.1. The maximum absolute atomic E-state index is 12.1. The van der Waals surface area contributed by atoms with Crippen LogP contribution in [0, 0.1) is 0 Å². The molecule has 1 aromatic heterocycles. The summed E-state index contributed by atoms with van der Waals surface area (Å²) in [7, 11) is 0. The van der Waals surface area contributed by atoms with Crippen molar-refractivity contribution in [2.24, 2.45) is 0 Å². The molecule has 4 N–H and O–H groups in total. The zero-order valence-corrected chi connectivity index (χ0v) is 11.9. The van der Waals surface area contributed by atoms with E-state index in [4.69, 9.17) is 15.2 Å². The molecule has 0 saturated carbocycles. The van der Waals surface area contributed by atoms with Gasteiger partial charge < -0.3 is 25.4 Å². The quantitative estimate of drug-likeness (QED) is 0.444. The van der Waals surface area contributed by atoms with Crippen LogP contribution < -0.4 is 11.4 Å². The SMILES string of the molecule is C=C[C@@]1(n2ccc(N)nc2=O)O[C@H](CO)[C@@H](O)[C@H]1OC(C)=O. The van der Waals surface area contributed by atoms with Crippen LogP contribution in [0.4, 0.5) is 5.82 Å². The molecule has 1 aliphatic heterocycles. The molecule has 0 unspecified atom stereocenters. The fourth-order valence-electron chi connectivity index (χ4n) is 2.44. The lowest BCUT2D eigenvalue weighted by Gasteiger charge is -2.32. The lowest BCUT2D eigenvalue weighted by Crippen LogP contribution is -2.51. The summed E-state index contributed by atoms with van der Waals surface area (Å²) in [5.74, 6) is -0.685. The smallest absolute Gasteiger partial charge is 0.352 e. The number of nitrogens with two attached hydrogens (primary N) is 1. The first-order chi connectivity index (χ1) is 10.4. The van der Waals surface area contributed by atoms with E-state index in [0.29, 0.717) is 0 Å². The van der Waals surface area contributed by atoms with Crippen LogP contribution in [0.3, 0.4) is 0 Å². The van der Waals surface area contributed by atoms with Crippen LogP contribution >= 0.6 is 0 Å². The van der Waals surface area contributed by atoms with Gasteiger partial charge in [-0.15, -0.1) is 0 Å².